The van der Waals surface area contributed by atoms with Crippen molar-refractivity contribution in [3.63, 3.8) is 0 Å². The zero-order valence-corrected chi connectivity index (χ0v) is 10.8. The first-order valence-electron chi connectivity index (χ1n) is 4.57. The predicted molar refractivity (Wildman–Crippen MR) is 59.2 cm³/mol. The molecule has 17 heavy (non-hydrogen) atoms. The van der Waals surface area contributed by atoms with E-state index in [1.165, 1.54) is 14.2 Å². The van der Waals surface area contributed by atoms with Crippen LogP contribution in [0.1, 0.15) is 17.8 Å². The number of nitrogens with zero attached hydrogens (tertiary/aromatic N) is 1. The van der Waals surface area contributed by atoms with E-state index in [-0.39, 0.29) is 17.9 Å². The van der Waals surface area contributed by atoms with Gasteiger partial charge in [0, 0.05) is 0 Å². The first-order chi connectivity index (χ1) is 7.99. The zero-order chi connectivity index (χ0) is 13.0. The quantitative estimate of drug-likeness (QED) is 0.802. The van der Waals surface area contributed by atoms with Crippen LogP contribution in [0.3, 0.4) is 0 Å². The van der Waals surface area contributed by atoms with E-state index >= 15 is 0 Å². The molecule has 0 aromatic carbocycles. The summed E-state index contributed by atoms with van der Waals surface area (Å²) in [6.07, 6.45) is -2.94. The monoisotopic (exact) mass is 309 g/mol. The minimum Gasteiger partial charge on any atom is -0.494 e. The lowest BCUT2D eigenvalue weighted by Crippen LogP contribution is -2.09. The van der Waals surface area contributed by atoms with E-state index in [9.17, 15) is 13.6 Å². The molecule has 0 spiro atoms. The summed E-state index contributed by atoms with van der Waals surface area (Å²) in [4.78, 5) is 14.8. The molecule has 0 unspecified atom stereocenters. The summed E-state index contributed by atoms with van der Waals surface area (Å²) in [6.45, 7) is 0. The van der Waals surface area contributed by atoms with Crippen molar-refractivity contribution >= 4 is 21.9 Å². The molecule has 0 saturated carbocycles. The number of esters is 1. The van der Waals surface area contributed by atoms with Gasteiger partial charge in [-0.25, -0.2) is 13.8 Å². The van der Waals surface area contributed by atoms with Gasteiger partial charge in [-0.3, -0.25) is 4.79 Å². The molecule has 1 heterocycles. The van der Waals surface area contributed by atoms with E-state index in [0.29, 0.717) is 4.47 Å². The van der Waals surface area contributed by atoms with Crippen molar-refractivity contribution in [1.29, 1.82) is 0 Å². The van der Waals surface area contributed by atoms with E-state index in [1.807, 2.05) is 0 Å². The number of carbonyl (C=O) groups is 1. The second-order valence-corrected chi connectivity index (χ2v) is 3.92. The van der Waals surface area contributed by atoms with Gasteiger partial charge in [0.25, 0.3) is 6.43 Å². The molecule has 7 heteroatoms. The largest absolute Gasteiger partial charge is 0.494 e. The summed E-state index contributed by atoms with van der Waals surface area (Å²) >= 11 is 3.09. The Hall–Kier alpha value is -1.24. The van der Waals surface area contributed by atoms with Crippen molar-refractivity contribution in [1.82, 2.24) is 4.98 Å². The van der Waals surface area contributed by atoms with Gasteiger partial charge in [-0.1, -0.05) is 0 Å². The summed E-state index contributed by atoms with van der Waals surface area (Å²) in [7, 11) is 2.57. The number of pyridine rings is 1. The molecule has 1 aromatic heterocycles. The maximum atomic E-state index is 12.5. The van der Waals surface area contributed by atoms with Crippen LogP contribution in [0.5, 0.6) is 5.75 Å². The normalized spacial score (nSPS) is 10.5. The molecular weight excluding hydrogens is 300 g/mol. The maximum absolute atomic E-state index is 12.5. The molecule has 0 fully saturated rings. The van der Waals surface area contributed by atoms with Gasteiger partial charge in [-0.2, -0.15) is 0 Å². The summed E-state index contributed by atoms with van der Waals surface area (Å²) < 4.78 is 34.9. The minimum atomic E-state index is -2.71. The van der Waals surface area contributed by atoms with Crippen LogP contribution in [0.4, 0.5) is 8.78 Å². The van der Waals surface area contributed by atoms with Crippen molar-refractivity contribution in [2.24, 2.45) is 0 Å². The standard InChI is InChI=1S/C10H10BrF2NO3/c1-16-8(15)4-6-9(17-2)5(11)3-7(14-6)10(12)13/h3,10H,4H2,1-2H3. The molecule has 0 aliphatic carbocycles. The molecule has 94 valence electrons. The molecule has 4 nitrogen and oxygen atoms in total. The van der Waals surface area contributed by atoms with Gasteiger partial charge in [0.15, 0.2) is 5.75 Å². The SMILES string of the molecule is COC(=O)Cc1nc(C(F)F)cc(Br)c1OC. The molecule has 0 radical (unpaired) electrons. The third-order valence-corrected chi connectivity index (χ3v) is 2.57. The highest BCUT2D eigenvalue weighted by Crippen LogP contribution is 2.31. The first kappa shape index (κ1) is 13.8. The van der Waals surface area contributed by atoms with Gasteiger partial charge in [-0.15, -0.1) is 0 Å². The lowest BCUT2D eigenvalue weighted by molar-refractivity contribution is -0.139. The van der Waals surface area contributed by atoms with Crippen LogP contribution < -0.4 is 4.74 Å². The molecule has 0 atom stereocenters. The minimum absolute atomic E-state index is 0.115. The molecule has 0 aliphatic rings. The van der Waals surface area contributed by atoms with E-state index in [0.717, 1.165) is 6.07 Å². The fraction of sp³-hybridized carbons (Fsp3) is 0.400. The second kappa shape index (κ2) is 5.90. The van der Waals surface area contributed by atoms with Crippen molar-refractivity contribution in [2.45, 2.75) is 12.8 Å². The number of aromatic nitrogens is 1. The first-order valence-corrected chi connectivity index (χ1v) is 5.37. The molecule has 0 aliphatic heterocycles. The number of rotatable bonds is 4. The van der Waals surface area contributed by atoms with E-state index in [4.69, 9.17) is 4.74 Å². The lowest BCUT2D eigenvalue weighted by atomic mass is 10.2. The highest BCUT2D eigenvalue weighted by Gasteiger charge is 2.19. The molecule has 0 N–H and O–H groups in total. The Morgan fingerprint density at radius 1 is 1.53 bits per heavy atom. The van der Waals surface area contributed by atoms with Crippen LogP contribution in [-0.4, -0.2) is 25.2 Å². The topological polar surface area (TPSA) is 48.4 Å². The molecule has 1 aromatic rings. The maximum Gasteiger partial charge on any atom is 0.311 e. The van der Waals surface area contributed by atoms with Crippen molar-refractivity contribution < 1.29 is 23.0 Å². The fourth-order valence-electron chi connectivity index (χ4n) is 1.23. The van der Waals surface area contributed by atoms with Gasteiger partial charge in [-0.05, 0) is 22.0 Å². The number of alkyl halides is 2. The van der Waals surface area contributed by atoms with Crippen molar-refractivity contribution in [2.75, 3.05) is 14.2 Å². The Morgan fingerprint density at radius 3 is 2.65 bits per heavy atom. The number of hydrogen-bond acceptors (Lipinski definition) is 4. The Balaban J connectivity index is 3.19. The van der Waals surface area contributed by atoms with Crippen LogP contribution in [0, 0.1) is 0 Å². The highest BCUT2D eigenvalue weighted by atomic mass is 79.9. The van der Waals surface area contributed by atoms with Crippen molar-refractivity contribution in [3.8, 4) is 5.75 Å². The molecule has 1 rings (SSSR count). The highest BCUT2D eigenvalue weighted by molar-refractivity contribution is 9.10. The Labute approximate surface area is 105 Å². The van der Waals surface area contributed by atoms with Gasteiger partial charge in [0.1, 0.15) is 5.69 Å². The number of ether oxygens (including phenoxy) is 2. The van der Waals surface area contributed by atoms with E-state index in [1.54, 1.807) is 0 Å². The lowest BCUT2D eigenvalue weighted by Gasteiger charge is -2.11. The Bertz CT molecular complexity index is 426. The van der Waals surface area contributed by atoms with E-state index < -0.39 is 18.1 Å². The van der Waals surface area contributed by atoms with Crippen LogP contribution in [0.2, 0.25) is 0 Å². The Morgan fingerprint density at radius 2 is 2.18 bits per heavy atom. The fourth-order valence-corrected chi connectivity index (χ4v) is 1.85. The van der Waals surface area contributed by atoms with Crippen LogP contribution in [0.25, 0.3) is 0 Å². The third-order valence-electron chi connectivity index (χ3n) is 1.98. The zero-order valence-electron chi connectivity index (χ0n) is 9.17. The number of carbonyl (C=O) groups excluding carboxylic acids is 1. The van der Waals surface area contributed by atoms with Crippen LogP contribution in [-0.2, 0) is 16.0 Å². The third kappa shape index (κ3) is 3.36. The molecule has 0 amide bonds. The molecular formula is C10H10BrF2NO3. The van der Waals surface area contributed by atoms with Crippen molar-refractivity contribution in [3.05, 3.63) is 21.9 Å². The Kier molecular flexibility index (Phi) is 4.80. The smallest absolute Gasteiger partial charge is 0.311 e. The average molecular weight is 310 g/mol. The summed E-state index contributed by atoms with van der Waals surface area (Å²) in [6, 6.07) is 1.16. The predicted octanol–water partition coefficient (Wildman–Crippen LogP) is 2.51. The average Bonchev–Trinajstić information content (AvgIpc) is 2.28. The second-order valence-electron chi connectivity index (χ2n) is 3.06. The van der Waals surface area contributed by atoms with Gasteiger partial charge >= 0.3 is 5.97 Å². The van der Waals surface area contributed by atoms with Gasteiger partial charge in [0.05, 0.1) is 30.8 Å². The van der Waals surface area contributed by atoms with Gasteiger partial charge < -0.3 is 9.47 Å². The van der Waals surface area contributed by atoms with Crippen LogP contribution in [0.15, 0.2) is 10.5 Å². The summed E-state index contributed by atoms with van der Waals surface area (Å²) in [5.74, 6) is -0.325. The van der Waals surface area contributed by atoms with E-state index in [2.05, 4.69) is 25.7 Å². The van der Waals surface area contributed by atoms with Crippen LogP contribution >= 0.6 is 15.9 Å². The molecule has 0 bridgehead atoms. The summed E-state index contributed by atoms with van der Waals surface area (Å²) in [5, 5.41) is 0. The van der Waals surface area contributed by atoms with Gasteiger partial charge in [0.2, 0.25) is 0 Å². The number of hydrogen-bond donors (Lipinski definition) is 0. The summed E-state index contributed by atoms with van der Waals surface area (Å²) in [5.41, 5.74) is -0.305. The number of methoxy groups -OCH3 is 2. The molecule has 0 saturated heterocycles. The number of halogens is 3.